The number of hydrogen-bond donors (Lipinski definition) is 2. The zero-order valence-corrected chi connectivity index (χ0v) is 12.1. The van der Waals surface area contributed by atoms with Gasteiger partial charge in [-0.2, -0.15) is 0 Å². The highest BCUT2D eigenvalue weighted by Crippen LogP contribution is 2.28. The van der Waals surface area contributed by atoms with Crippen LogP contribution >= 0.6 is 0 Å². The summed E-state index contributed by atoms with van der Waals surface area (Å²) >= 11 is 0. The third kappa shape index (κ3) is 2.86. The predicted molar refractivity (Wildman–Crippen MR) is 81.0 cm³/mol. The van der Waals surface area contributed by atoms with Crippen LogP contribution in [-0.2, 0) is 0 Å². The second kappa shape index (κ2) is 5.55. The lowest BCUT2D eigenvalue weighted by Gasteiger charge is -2.22. The molecular formula is C17H22N2. The molecule has 2 nitrogen and oxygen atoms in total. The van der Waals surface area contributed by atoms with Gasteiger partial charge in [-0.15, -0.1) is 0 Å². The molecule has 0 saturated heterocycles. The van der Waals surface area contributed by atoms with Crippen LogP contribution in [-0.4, -0.2) is 0 Å². The molecule has 0 aliphatic heterocycles. The van der Waals surface area contributed by atoms with Crippen LogP contribution in [0.5, 0.6) is 0 Å². The number of rotatable bonds is 3. The first-order valence-corrected chi connectivity index (χ1v) is 6.63. The van der Waals surface area contributed by atoms with Gasteiger partial charge < -0.3 is 0 Å². The van der Waals surface area contributed by atoms with Gasteiger partial charge >= 0.3 is 0 Å². The van der Waals surface area contributed by atoms with Gasteiger partial charge in [0.1, 0.15) is 0 Å². The zero-order valence-electron chi connectivity index (χ0n) is 12.1. The molecule has 2 aromatic rings. The maximum Gasteiger partial charge on any atom is 0.0715 e. The first-order valence-electron chi connectivity index (χ1n) is 6.63. The maximum absolute atomic E-state index is 5.82. The largest absolute Gasteiger partial charge is 0.271 e. The second-order valence-electron chi connectivity index (χ2n) is 5.33. The first kappa shape index (κ1) is 13.8. The molecule has 0 bridgehead atoms. The van der Waals surface area contributed by atoms with E-state index in [1.165, 1.54) is 33.4 Å². The lowest BCUT2D eigenvalue weighted by molar-refractivity contribution is 0.629. The summed E-state index contributed by atoms with van der Waals surface area (Å²) in [5.74, 6) is 5.82. The van der Waals surface area contributed by atoms with Crippen molar-refractivity contribution >= 4 is 0 Å². The Morgan fingerprint density at radius 3 is 1.89 bits per heavy atom. The van der Waals surface area contributed by atoms with Crippen LogP contribution in [0.4, 0.5) is 0 Å². The van der Waals surface area contributed by atoms with Crippen molar-refractivity contribution in [3.05, 3.63) is 69.8 Å². The number of nitrogens with one attached hydrogen (secondary N) is 1. The highest BCUT2D eigenvalue weighted by atomic mass is 15.2. The molecule has 0 saturated carbocycles. The van der Waals surface area contributed by atoms with Crippen LogP contribution in [0.3, 0.4) is 0 Å². The Bertz CT molecular complexity index is 547. The number of benzene rings is 2. The Labute approximate surface area is 115 Å². The van der Waals surface area contributed by atoms with Crippen LogP contribution < -0.4 is 11.3 Å². The van der Waals surface area contributed by atoms with E-state index in [0.29, 0.717) is 0 Å². The normalized spacial score (nSPS) is 12.5. The monoisotopic (exact) mass is 254 g/mol. The summed E-state index contributed by atoms with van der Waals surface area (Å²) in [4.78, 5) is 0. The van der Waals surface area contributed by atoms with E-state index in [2.05, 4.69) is 69.5 Å². The Balaban J connectivity index is 2.56. The molecule has 0 heterocycles. The van der Waals surface area contributed by atoms with E-state index in [1.807, 2.05) is 0 Å². The van der Waals surface area contributed by atoms with Gasteiger partial charge in [0.15, 0.2) is 0 Å². The van der Waals surface area contributed by atoms with Crippen molar-refractivity contribution in [1.29, 1.82) is 0 Å². The van der Waals surface area contributed by atoms with E-state index < -0.39 is 0 Å². The molecule has 0 aromatic heterocycles. The Morgan fingerprint density at radius 1 is 0.895 bits per heavy atom. The molecule has 0 fully saturated rings. The average Bonchev–Trinajstić information content (AvgIpc) is 2.32. The standard InChI is InChI=1S/C17H22N2/c1-11-8-12(2)10-15(9-11)17(19-18)16-13(3)6-5-7-14(16)4/h5-10,17,19H,18H2,1-4H3. The van der Waals surface area contributed by atoms with Crippen molar-refractivity contribution in [2.75, 3.05) is 0 Å². The summed E-state index contributed by atoms with van der Waals surface area (Å²) in [6.07, 6.45) is 0. The molecule has 0 spiro atoms. The first-order chi connectivity index (χ1) is 9.02. The second-order valence-corrected chi connectivity index (χ2v) is 5.33. The van der Waals surface area contributed by atoms with Gasteiger partial charge in [0.05, 0.1) is 6.04 Å². The third-order valence-electron chi connectivity index (χ3n) is 3.57. The molecule has 0 radical (unpaired) electrons. The fraction of sp³-hybridized carbons (Fsp3) is 0.294. The summed E-state index contributed by atoms with van der Waals surface area (Å²) < 4.78 is 0. The van der Waals surface area contributed by atoms with Gasteiger partial charge in [0, 0.05) is 0 Å². The number of hydrazine groups is 1. The minimum absolute atomic E-state index is 0.0415. The van der Waals surface area contributed by atoms with Gasteiger partial charge in [-0.05, 0) is 49.9 Å². The molecule has 1 unspecified atom stereocenters. The van der Waals surface area contributed by atoms with Gasteiger partial charge in [-0.25, -0.2) is 5.43 Å². The molecule has 2 heteroatoms. The lowest BCUT2D eigenvalue weighted by atomic mass is 9.90. The van der Waals surface area contributed by atoms with E-state index in [0.717, 1.165) is 0 Å². The maximum atomic E-state index is 5.82. The Morgan fingerprint density at radius 2 is 1.42 bits per heavy atom. The third-order valence-corrected chi connectivity index (χ3v) is 3.57. The molecule has 0 amide bonds. The van der Waals surface area contributed by atoms with Gasteiger partial charge in [0.25, 0.3) is 0 Å². The van der Waals surface area contributed by atoms with Crippen LogP contribution in [0.2, 0.25) is 0 Å². The molecular weight excluding hydrogens is 232 g/mol. The fourth-order valence-corrected chi connectivity index (χ4v) is 2.81. The lowest BCUT2D eigenvalue weighted by Crippen LogP contribution is -2.30. The number of hydrogen-bond acceptors (Lipinski definition) is 2. The zero-order chi connectivity index (χ0) is 14.0. The van der Waals surface area contributed by atoms with Crippen molar-refractivity contribution in [3.8, 4) is 0 Å². The van der Waals surface area contributed by atoms with Crippen LogP contribution in [0, 0.1) is 27.7 Å². The molecule has 3 N–H and O–H groups in total. The van der Waals surface area contributed by atoms with E-state index in [4.69, 9.17) is 5.84 Å². The molecule has 100 valence electrons. The summed E-state index contributed by atoms with van der Waals surface area (Å²) in [7, 11) is 0. The van der Waals surface area contributed by atoms with Crippen molar-refractivity contribution in [3.63, 3.8) is 0 Å². The highest BCUT2D eigenvalue weighted by Gasteiger charge is 2.17. The molecule has 0 aliphatic rings. The van der Waals surface area contributed by atoms with Gasteiger partial charge in [-0.1, -0.05) is 47.5 Å². The summed E-state index contributed by atoms with van der Waals surface area (Å²) in [6, 6.07) is 13.0. The number of aryl methyl sites for hydroxylation is 4. The highest BCUT2D eigenvalue weighted by molar-refractivity contribution is 5.43. The van der Waals surface area contributed by atoms with Crippen molar-refractivity contribution in [1.82, 2.24) is 5.43 Å². The van der Waals surface area contributed by atoms with E-state index in [9.17, 15) is 0 Å². The van der Waals surface area contributed by atoms with Gasteiger partial charge in [0.2, 0.25) is 0 Å². The smallest absolute Gasteiger partial charge is 0.0715 e. The predicted octanol–water partition coefficient (Wildman–Crippen LogP) is 3.47. The molecule has 2 rings (SSSR count). The molecule has 0 aliphatic carbocycles. The topological polar surface area (TPSA) is 38.0 Å². The molecule has 19 heavy (non-hydrogen) atoms. The summed E-state index contributed by atoms with van der Waals surface area (Å²) in [5, 5.41) is 0. The van der Waals surface area contributed by atoms with Crippen LogP contribution in [0.15, 0.2) is 36.4 Å². The van der Waals surface area contributed by atoms with Crippen molar-refractivity contribution in [2.24, 2.45) is 5.84 Å². The van der Waals surface area contributed by atoms with Crippen LogP contribution in [0.1, 0.15) is 39.4 Å². The van der Waals surface area contributed by atoms with E-state index >= 15 is 0 Å². The van der Waals surface area contributed by atoms with Crippen molar-refractivity contribution in [2.45, 2.75) is 33.7 Å². The van der Waals surface area contributed by atoms with Crippen LogP contribution in [0.25, 0.3) is 0 Å². The van der Waals surface area contributed by atoms with Gasteiger partial charge in [-0.3, -0.25) is 5.84 Å². The minimum atomic E-state index is 0.0415. The Hall–Kier alpha value is -1.64. The Kier molecular flexibility index (Phi) is 4.03. The summed E-state index contributed by atoms with van der Waals surface area (Å²) in [5.41, 5.74) is 10.5. The summed E-state index contributed by atoms with van der Waals surface area (Å²) in [6.45, 7) is 8.51. The number of nitrogens with two attached hydrogens (primary N) is 1. The average molecular weight is 254 g/mol. The van der Waals surface area contributed by atoms with E-state index in [-0.39, 0.29) is 6.04 Å². The van der Waals surface area contributed by atoms with E-state index in [1.54, 1.807) is 0 Å². The molecule has 1 atom stereocenters. The quantitative estimate of drug-likeness (QED) is 0.650. The fourth-order valence-electron chi connectivity index (χ4n) is 2.81. The SMILES string of the molecule is Cc1cc(C)cc(C(NN)c2c(C)cccc2C)c1. The molecule has 2 aromatic carbocycles. The minimum Gasteiger partial charge on any atom is -0.271 e. The van der Waals surface area contributed by atoms with Crippen molar-refractivity contribution < 1.29 is 0 Å².